The number of aromatic hydroxyl groups is 1. The summed E-state index contributed by atoms with van der Waals surface area (Å²) in [4.78, 5) is 14.9. The molecule has 0 aliphatic carbocycles. The fourth-order valence-electron chi connectivity index (χ4n) is 3.52. The van der Waals surface area contributed by atoms with Crippen LogP contribution in [0.25, 0.3) is 33.3 Å². The predicted molar refractivity (Wildman–Crippen MR) is 108 cm³/mol. The molecule has 2 aromatic heterocycles. The van der Waals surface area contributed by atoms with E-state index in [1.807, 2.05) is 31.2 Å². The summed E-state index contributed by atoms with van der Waals surface area (Å²) in [7, 11) is 0. The monoisotopic (exact) mass is 363 g/mol. The van der Waals surface area contributed by atoms with Gasteiger partial charge < -0.3 is 18.8 Å². The highest BCUT2D eigenvalue weighted by Crippen LogP contribution is 2.35. The van der Waals surface area contributed by atoms with Crippen molar-refractivity contribution in [1.82, 2.24) is 0 Å². The number of hydrogen-bond donors (Lipinski definition) is 1. The highest BCUT2D eigenvalue weighted by Gasteiger charge is 2.19. The van der Waals surface area contributed by atoms with Crippen LogP contribution in [0.4, 0.5) is 5.69 Å². The number of benzene rings is 2. The van der Waals surface area contributed by atoms with Gasteiger partial charge in [-0.15, -0.1) is 0 Å². The highest BCUT2D eigenvalue weighted by atomic mass is 16.4. The van der Waals surface area contributed by atoms with Gasteiger partial charge in [0, 0.05) is 24.3 Å². The third kappa shape index (κ3) is 2.67. The molecule has 0 radical (unpaired) electrons. The molecule has 27 heavy (non-hydrogen) atoms. The zero-order valence-corrected chi connectivity index (χ0v) is 15.6. The minimum atomic E-state index is -0.443. The van der Waals surface area contributed by atoms with Crippen molar-refractivity contribution in [3.8, 4) is 17.1 Å². The number of nitrogens with zero attached hydrogens (tertiary/aromatic N) is 1. The molecule has 138 valence electrons. The summed E-state index contributed by atoms with van der Waals surface area (Å²) >= 11 is 0. The second kappa shape index (κ2) is 6.50. The average molecular weight is 363 g/mol. The van der Waals surface area contributed by atoms with Crippen molar-refractivity contribution in [3.05, 3.63) is 58.4 Å². The average Bonchev–Trinajstić information content (AvgIpc) is 3.07. The first-order chi connectivity index (χ1) is 13.0. The summed E-state index contributed by atoms with van der Waals surface area (Å²) in [6.07, 6.45) is 1.63. The molecule has 4 aromatic rings. The molecular formula is C22H21NO4. The maximum absolute atomic E-state index is 12.7. The number of furan rings is 1. The Bertz CT molecular complexity index is 1180. The van der Waals surface area contributed by atoms with E-state index in [0.717, 1.165) is 29.7 Å². The molecule has 1 N–H and O–H groups in total. The fourth-order valence-corrected chi connectivity index (χ4v) is 3.52. The van der Waals surface area contributed by atoms with Crippen LogP contribution in [0.2, 0.25) is 0 Å². The summed E-state index contributed by atoms with van der Waals surface area (Å²) in [5.41, 5.74) is 3.26. The number of aryl methyl sites for hydroxylation is 1. The lowest BCUT2D eigenvalue weighted by molar-refractivity contribution is 0.449. The molecule has 4 rings (SSSR count). The van der Waals surface area contributed by atoms with Gasteiger partial charge in [0.25, 0.3) is 0 Å². The lowest BCUT2D eigenvalue weighted by atomic mass is 10.1. The number of fused-ring (bicyclic) bond motifs is 3. The molecule has 0 spiro atoms. The Morgan fingerprint density at radius 2 is 1.74 bits per heavy atom. The highest BCUT2D eigenvalue weighted by molar-refractivity contribution is 6.04. The van der Waals surface area contributed by atoms with Crippen molar-refractivity contribution in [2.24, 2.45) is 0 Å². The van der Waals surface area contributed by atoms with Crippen LogP contribution in [0.5, 0.6) is 5.75 Å². The molecule has 0 saturated carbocycles. The smallest absolute Gasteiger partial charge is 0.235 e. The summed E-state index contributed by atoms with van der Waals surface area (Å²) in [5, 5.41) is 11.6. The number of rotatable bonds is 4. The molecule has 2 heterocycles. The van der Waals surface area contributed by atoms with Gasteiger partial charge in [0.1, 0.15) is 11.2 Å². The molecule has 2 aromatic carbocycles. The van der Waals surface area contributed by atoms with Gasteiger partial charge in [0.05, 0.1) is 17.0 Å². The predicted octanol–water partition coefficient (Wildman–Crippen LogP) is 5.07. The van der Waals surface area contributed by atoms with Gasteiger partial charge in [-0.3, -0.25) is 4.79 Å². The molecule has 5 heteroatoms. The van der Waals surface area contributed by atoms with Crippen LogP contribution < -0.4 is 10.3 Å². The van der Waals surface area contributed by atoms with Crippen molar-refractivity contribution in [3.63, 3.8) is 0 Å². The van der Waals surface area contributed by atoms with Crippen LogP contribution in [-0.4, -0.2) is 18.2 Å². The van der Waals surface area contributed by atoms with Gasteiger partial charge in [-0.1, -0.05) is 0 Å². The summed E-state index contributed by atoms with van der Waals surface area (Å²) in [5.74, 6) is -0.203. The quantitative estimate of drug-likeness (QED) is 0.548. The Balaban J connectivity index is 1.94. The molecule has 0 fully saturated rings. The van der Waals surface area contributed by atoms with Crippen molar-refractivity contribution < 1.29 is 13.9 Å². The largest absolute Gasteiger partial charge is 0.502 e. The lowest BCUT2D eigenvalue weighted by Crippen LogP contribution is -2.21. The summed E-state index contributed by atoms with van der Waals surface area (Å²) in [6, 6.07) is 11.0. The summed E-state index contributed by atoms with van der Waals surface area (Å²) in [6.45, 7) is 7.92. The Morgan fingerprint density at radius 3 is 2.41 bits per heavy atom. The minimum absolute atomic E-state index is 0.173. The van der Waals surface area contributed by atoms with Crippen LogP contribution >= 0.6 is 0 Å². The lowest BCUT2D eigenvalue weighted by Gasteiger charge is -2.21. The Morgan fingerprint density at radius 1 is 1.04 bits per heavy atom. The molecule has 0 saturated heterocycles. The zero-order chi connectivity index (χ0) is 19.1. The molecule has 0 aliphatic heterocycles. The van der Waals surface area contributed by atoms with E-state index in [-0.39, 0.29) is 11.5 Å². The van der Waals surface area contributed by atoms with E-state index in [4.69, 9.17) is 8.83 Å². The number of anilines is 1. The first kappa shape index (κ1) is 17.2. The van der Waals surface area contributed by atoms with Crippen LogP contribution in [0.3, 0.4) is 0 Å². The van der Waals surface area contributed by atoms with E-state index in [1.165, 1.54) is 0 Å². The SMILES string of the molecule is CCN(CC)c1ccc(-c2oc3c(ccc4occ(C)c43)c(=O)c2O)cc1. The second-order valence-corrected chi connectivity index (χ2v) is 6.56. The van der Waals surface area contributed by atoms with Crippen LogP contribution in [0.15, 0.2) is 56.3 Å². The van der Waals surface area contributed by atoms with Crippen LogP contribution in [0.1, 0.15) is 19.4 Å². The van der Waals surface area contributed by atoms with Gasteiger partial charge in [-0.2, -0.15) is 0 Å². The third-order valence-corrected chi connectivity index (χ3v) is 5.01. The standard InChI is InChI=1S/C22H21NO4/c1-4-23(5-2)15-8-6-14(7-9-15)21-20(25)19(24)16-10-11-17-18(22(16)27-21)13(3)12-26-17/h6-12,25H,4-5H2,1-3H3. The van der Waals surface area contributed by atoms with Crippen molar-refractivity contribution in [2.75, 3.05) is 18.0 Å². The normalized spacial score (nSPS) is 11.4. The maximum atomic E-state index is 12.7. The first-order valence-corrected chi connectivity index (χ1v) is 9.07. The third-order valence-electron chi connectivity index (χ3n) is 5.01. The van der Waals surface area contributed by atoms with Gasteiger partial charge in [-0.25, -0.2) is 0 Å². The van der Waals surface area contributed by atoms with E-state index < -0.39 is 5.43 Å². The Hall–Kier alpha value is -3.21. The van der Waals surface area contributed by atoms with Crippen molar-refractivity contribution in [1.29, 1.82) is 0 Å². The minimum Gasteiger partial charge on any atom is -0.502 e. The molecule has 0 aliphatic rings. The molecule has 0 unspecified atom stereocenters. The topological polar surface area (TPSA) is 66.8 Å². The second-order valence-electron chi connectivity index (χ2n) is 6.56. The first-order valence-electron chi connectivity index (χ1n) is 9.07. The Kier molecular flexibility index (Phi) is 4.15. The van der Waals surface area contributed by atoms with E-state index in [0.29, 0.717) is 22.1 Å². The van der Waals surface area contributed by atoms with Crippen molar-refractivity contribution >= 4 is 27.6 Å². The molecule has 0 bridgehead atoms. The van der Waals surface area contributed by atoms with Crippen molar-refractivity contribution in [2.45, 2.75) is 20.8 Å². The summed E-state index contributed by atoms with van der Waals surface area (Å²) < 4.78 is 11.6. The van der Waals surface area contributed by atoms with Gasteiger partial charge in [0.15, 0.2) is 5.76 Å². The van der Waals surface area contributed by atoms with Crippen LogP contribution in [-0.2, 0) is 0 Å². The van der Waals surface area contributed by atoms with Crippen LogP contribution in [0, 0.1) is 6.92 Å². The van der Waals surface area contributed by atoms with E-state index in [9.17, 15) is 9.90 Å². The molecule has 5 nitrogen and oxygen atoms in total. The van der Waals surface area contributed by atoms with Gasteiger partial charge in [-0.05, 0) is 62.7 Å². The van der Waals surface area contributed by atoms with E-state index >= 15 is 0 Å². The zero-order valence-electron chi connectivity index (χ0n) is 15.6. The van der Waals surface area contributed by atoms with E-state index in [2.05, 4.69) is 18.7 Å². The van der Waals surface area contributed by atoms with Gasteiger partial charge in [0.2, 0.25) is 11.2 Å². The fraction of sp³-hybridized carbons (Fsp3) is 0.227. The molecule has 0 atom stereocenters. The maximum Gasteiger partial charge on any atom is 0.235 e. The van der Waals surface area contributed by atoms with Gasteiger partial charge >= 0.3 is 0 Å². The molecule has 0 amide bonds. The van der Waals surface area contributed by atoms with E-state index in [1.54, 1.807) is 18.4 Å². The Labute approximate surface area is 156 Å². The number of hydrogen-bond acceptors (Lipinski definition) is 5. The molecular weight excluding hydrogens is 342 g/mol.